The Morgan fingerprint density at radius 1 is 1.11 bits per heavy atom. The molecule has 2 amide bonds. The summed E-state index contributed by atoms with van der Waals surface area (Å²) >= 11 is 3.16. The zero-order chi connectivity index (χ0) is 19.4. The second kappa shape index (κ2) is 8.56. The van der Waals surface area contributed by atoms with Crippen molar-refractivity contribution in [3.05, 3.63) is 52.6 Å². The molecule has 1 aromatic carbocycles. The number of hydrogen-bond donors (Lipinski definition) is 0. The van der Waals surface area contributed by atoms with E-state index in [4.69, 9.17) is 4.42 Å². The average molecular weight is 438 g/mol. The van der Waals surface area contributed by atoms with Crippen LogP contribution in [0.2, 0.25) is 0 Å². The third-order valence-electron chi connectivity index (χ3n) is 4.54. The summed E-state index contributed by atoms with van der Waals surface area (Å²) in [5.74, 6) is -0.508. The summed E-state index contributed by atoms with van der Waals surface area (Å²) in [7, 11) is 1.58. The van der Waals surface area contributed by atoms with Gasteiger partial charge in [-0.25, -0.2) is 4.39 Å². The van der Waals surface area contributed by atoms with Gasteiger partial charge in [0, 0.05) is 38.9 Å². The van der Waals surface area contributed by atoms with Crippen molar-refractivity contribution in [3.63, 3.8) is 0 Å². The van der Waals surface area contributed by atoms with Crippen LogP contribution in [0.4, 0.5) is 10.1 Å². The van der Waals surface area contributed by atoms with Crippen molar-refractivity contribution in [2.75, 3.05) is 44.7 Å². The first-order valence-corrected chi connectivity index (χ1v) is 9.52. The van der Waals surface area contributed by atoms with Gasteiger partial charge < -0.3 is 19.1 Å². The van der Waals surface area contributed by atoms with E-state index in [1.54, 1.807) is 36.2 Å². The van der Waals surface area contributed by atoms with Gasteiger partial charge in [-0.1, -0.05) is 0 Å². The Kier molecular flexibility index (Phi) is 6.15. The van der Waals surface area contributed by atoms with Crippen molar-refractivity contribution in [1.82, 2.24) is 9.80 Å². The van der Waals surface area contributed by atoms with Gasteiger partial charge in [0.1, 0.15) is 5.82 Å². The molecule has 1 aliphatic rings. The minimum absolute atomic E-state index is 0.00625. The molecule has 0 radical (unpaired) electrons. The molecule has 3 rings (SSSR count). The van der Waals surface area contributed by atoms with Gasteiger partial charge >= 0.3 is 0 Å². The topological polar surface area (TPSA) is 57.0 Å². The summed E-state index contributed by atoms with van der Waals surface area (Å²) in [5, 5.41) is 0. The van der Waals surface area contributed by atoms with Crippen molar-refractivity contribution < 1.29 is 18.4 Å². The predicted octanol–water partition coefficient (Wildman–Crippen LogP) is 2.99. The third kappa shape index (κ3) is 4.88. The van der Waals surface area contributed by atoms with Gasteiger partial charge in [-0.15, -0.1) is 0 Å². The molecule has 0 unspecified atom stereocenters. The van der Waals surface area contributed by atoms with Gasteiger partial charge in [-0.05, 0) is 58.7 Å². The highest BCUT2D eigenvalue weighted by molar-refractivity contribution is 9.10. The molecule has 27 heavy (non-hydrogen) atoms. The molecule has 0 bridgehead atoms. The van der Waals surface area contributed by atoms with Gasteiger partial charge in [-0.2, -0.15) is 0 Å². The van der Waals surface area contributed by atoms with Gasteiger partial charge in [0.2, 0.25) is 5.91 Å². The number of anilines is 1. The van der Waals surface area contributed by atoms with Crippen LogP contribution in [-0.2, 0) is 4.79 Å². The zero-order valence-electron chi connectivity index (χ0n) is 15.0. The van der Waals surface area contributed by atoms with Crippen LogP contribution >= 0.6 is 15.9 Å². The Morgan fingerprint density at radius 3 is 2.52 bits per heavy atom. The monoisotopic (exact) mass is 437 g/mol. The van der Waals surface area contributed by atoms with E-state index in [2.05, 4.69) is 20.8 Å². The fourth-order valence-electron chi connectivity index (χ4n) is 3.07. The van der Waals surface area contributed by atoms with Crippen LogP contribution in [0.3, 0.4) is 0 Å². The largest absolute Gasteiger partial charge is 0.444 e. The first-order chi connectivity index (χ1) is 12.9. The molecule has 0 N–H and O–H groups in total. The number of halogens is 2. The van der Waals surface area contributed by atoms with Crippen LogP contribution in [0, 0.1) is 5.82 Å². The van der Waals surface area contributed by atoms with Crippen molar-refractivity contribution >= 4 is 33.4 Å². The molecular weight excluding hydrogens is 417 g/mol. The van der Waals surface area contributed by atoms with E-state index in [0.29, 0.717) is 24.3 Å². The third-order valence-corrected chi connectivity index (χ3v) is 4.97. The summed E-state index contributed by atoms with van der Waals surface area (Å²) in [4.78, 5) is 30.2. The first-order valence-electron chi connectivity index (χ1n) is 8.73. The standard InChI is InChI=1S/C19H21BrFN3O3/c1-22(19(26)16-7-8-17(20)27-16)13-18(25)24-10-2-9-23(11-12-24)15-5-3-14(21)4-6-15/h3-8H,2,9-13H2,1H3. The fraction of sp³-hybridized carbons (Fsp3) is 0.368. The van der Waals surface area contributed by atoms with Crippen molar-refractivity contribution in [1.29, 1.82) is 0 Å². The maximum atomic E-state index is 13.1. The molecule has 2 heterocycles. The quantitative estimate of drug-likeness (QED) is 0.737. The smallest absolute Gasteiger partial charge is 0.289 e. The Morgan fingerprint density at radius 2 is 1.85 bits per heavy atom. The van der Waals surface area contributed by atoms with E-state index in [-0.39, 0.29) is 29.9 Å². The van der Waals surface area contributed by atoms with Crippen molar-refractivity contribution in [2.45, 2.75) is 6.42 Å². The number of carbonyl (C=O) groups is 2. The zero-order valence-corrected chi connectivity index (χ0v) is 16.6. The van der Waals surface area contributed by atoms with Gasteiger partial charge in [-0.3, -0.25) is 9.59 Å². The SMILES string of the molecule is CN(CC(=O)N1CCCN(c2ccc(F)cc2)CC1)C(=O)c1ccc(Br)o1. The highest BCUT2D eigenvalue weighted by atomic mass is 79.9. The Labute approximate surface area is 165 Å². The van der Waals surface area contributed by atoms with Gasteiger partial charge in [0.05, 0.1) is 6.54 Å². The second-order valence-corrected chi connectivity index (χ2v) is 7.24. The molecule has 1 saturated heterocycles. The van der Waals surface area contributed by atoms with Crippen LogP contribution in [0.15, 0.2) is 45.5 Å². The summed E-state index contributed by atoms with van der Waals surface area (Å²) in [6.45, 7) is 2.65. The van der Waals surface area contributed by atoms with E-state index in [1.165, 1.54) is 17.0 Å². The number of rotatable bonds is 4. The second-order valence-electron chi connectivity index (χ2n) is 6.46. The Hall–Kier alpha value is -2.35. The van der Waals surface area contributed by atoms with Crippen LogP contribution in [0.25, 0.3) is 0 Å². The summed E-state index contributed by atoms with van der Waals surface area (Å²) < 4.78 is 18.8. The molecule has 1 fully saturated rings. The van der Waals surface area contributed by atoms with Crippen LogP contribution in [-0.4, -0.2) is 61.4 Å². The molecule has 144 valence electrons. The van der Waals surface area contributed by atoms with E-state index in [1.807, 2.05) is 0 Å². The van der Waals surface area contributed by atoms with Crippen molar-refractivity contribution in [2.24, 2.45) is 0 Å². The number of carbonyl (C=O) groups excluding carboxylic acids is 2. The molecule has 0 saturated carbocycles. The molecule has 0 atom stereocenters. The number of likely N-dealkylation sites (N-methyl/N-ethyl adjacent to an activating group) is 1. The Bertz CT molecular complexity index is 809. The van der Waals surface area contributed by atoms with Gasteiger partial charge in [0.15, 0.2) is 10.4 Å². The predicted molar refractivity (Wildman–Crippen MR) is 103 cm³/mol. The van der Waals surface area contributed by atoms with Gasteiger partial charge in [0.25, 0.3) is 5.91 Å². The highest BCUT2D eigenvalue weighted by Gasteiger charge is 2.23. The Balaban J connectivity index is 1.56. The lowest BCUT2D eigenvalue weighted by Gasteiger charge is -2.25. The van der Waals surface area contributed by atoms with Crippen LogP contribution in [0.1, 0.15) is 17.0 Å². The lowest BCUT2D eigenvalue weighted by molar-refractivity contribution is -0.131. The number of benzene rings is 1. The number of hydrogen-bond acceptors (Lipinski definition) is 4. The molecule has 8 heteroatoms. The van der Waals surface area contributed by atoms with E-state index in [0.717, 1.165) is 18.7 Å². The molecule has 0 aliphatic carbocycles. The summed E-state index contributed by atoms with van der Waals surface area (Å²) in [6, 6.07) is 9.59. The highest BCUT2D eigenvalue weighted by Crippen LogP contribution is 2.18. The first kappa shape index (κ1) is 19.4. The summed E-state index contributed by atoms with van der Waals surface area (Å²) in [6.07, 6.45) is 0.811. The summed E-state index contributed by atoms with van der Waals surface area (Å²) in [5.41, 5.74) is 0.946. The molecule has 1 aliphatic heterocycles. The molecule has 6 nitrogen and oxygen atoms in total. The molecule has 1 aromatic heterocycles. The number of furan rings is 1. The minimum Gasteiger partial charge on any atom is -0.444 e. The molecule has 2 aromatic rings. The lowest BCUT2D eigenvalue weighted by Crippen LogP contribution is -2.42. The van der Waals surface area contributed by atoms with Crippen molar-refractivity contribution in [3.8, 4) is 0 Å². The average Bonchev–Trinajstić information content (AvgIpc) is 2.93. The van der Waals surface area contributed by atoms with Crippen LogP contribution in [0.5, 0.6) is 0 Å². The molecule has 0 spiro atoms. The maximum Gasteiger partial charge on any atom is 0.289 e. The van der Waals surface area contributed by atoms with E-state index < -0.39 is 0 Å². The molecular formula is C19H21BrFN3O3. The number of amides is 2. The van der Waals surface area contributed by atoms with Crippen LogP contribution < -0.4 is 4.90 Å². The maximum absolute atomic E-state index is 13.1. The van der Waals surface area contributed by atoms with E-state index >= 15 is 0 Å². The number of nitrogens with zero attached hydrogens (tertiary/aromatic N) is 3. The lowest BCUT2D eigenvalue weighted by atomic mass is 10.2. The fourth-order valence-corrected chi connectivity index (χ4v) is 3.38. The normalized spacial score (nSPS) is 14.8. The van der Waals surface area contributed by atoms with E-state index in [9.17, 15) is 14.0 Å². The minimum atomic E-state index is -0.336.